The maximum Gasteiger partial charge on any atom is 0.309 e. The molecule has 0 amide bonds. The molecule has 5 rings (SSSR count). The van der Waals surface area contributed by atoms with Crippen molar-refractivity contribution in [3.63, 3.8) is 0 Å². The van der Waals surface area contributed by atoms with Gasteiger partial charge in [-0.15, -0.1) is 0 Å². The zero-order valence-electron chi connectivity index (χ0n) is 15.2. The molecule has 140 valence electrons. The summed E-state index contributed by atoms with van der Waals surface area (Å²) in [7, 11) is 3.24. The third-order valence-corrected chi connectivity index (χ3v) is 5.73. The molecule has 0 aromatic heterocycles. The number of hydrogen-bond donors (Lipinski definition) is 0. The Bertz CT molecular complexity index is 935. The van der Waals surface area contributed by atoms with E-state index in [1.807, 2.05) is 24.3 Å². The highest BCUT2D eigenvalue weighted by molar-refractivity contribution is 5.80. The number of carbonyl (C=O) groups is 1. The number of fused-ring (bicyclic) bond motifs is 5. The van der Waals surface area contributed by atoms with Crippen molar-refractivity contribution in [2.24, 2.45) is 11.8 Å². The van der Waals surface area contributed by atoms with Crippen LogP contribution in [0.5, 0.6) is 23.0 Å². The Morgan fingerprint density at radius 2 is 1.52 bits per heavy atom. The third kappa shape index (κ3) is 2.51. The number of carbonyl (C=O) groups excluding carboxylic acids is 1. The molecule has 0 spiro atoms. The van der Waals surface area contributed by atoms with Gasteiger partial charge in [-0.1, -0.05) is 0 Å². The van der Waals surface area contributed by atoms with E-state index in [9.17, 15) is 4.79 Å². The van der Waals surface area contributed by atoms with E-state index >= 15 is 0 Å². The van der Waals surface area contributed by atoms with Gasteiger partial charge in [-0.25, -0.2) is 0 Å². The first-order valence-corrected chi connectivity index (χ1v) is 9.02. The summed E-state index contributed by atoms with van der Waals surface area (Å²) in [6.07, 6.45) is 1.38. The van der Waals surface area contributed by atoms with E-state index in [1.54, 1.807) is 14.2 Å². The topological polar surface area (TPSA) is 63.2 Å². The van der Waals surface area contributed by atoms with Crippen LogP contribution in [-0.4, -0.2) is 33.6 Å². The quantitative estimate of drug-likeness (QED) is 0.760. The standard InChI is InChI=1S/C21H20O6/c1-23-17-5-12-4-16-13(9-25-21(16)22)3-11-6-19-20(27-10-26-19)8-15(11)14(12)7-18(17)24-2/h5-8,13,16H,3-4,9-10H2,1-2H3/t13-,16+/m0/s1. The van der Waals surface area contributed by atoms with Crippen molar-refractivity contribution in [2.75, 3.05) is 27.6 Å². The van der Waals surface area contributed by atoms with Crippen molar-refractivity contribution in [1.82, 2.24) is 0 Å². The van der Waals surface area contributed by atoms with Crippen LogP contribution in [-0.2, 0) is 22.4 Å². The van der Waals surface area contributed by atoms with Gasteiger partial charge in [-0.3, -0.25) is 4.79 Å². The zero-order chi connectivity index (χ0) is 18.5. The fourth-order valence-electron chi connectivity index (χ4n) is 4.32. The van der Waals surface area contributed by atoms with Gasteiger partial charge in [0, 0.05) is 5.92 Å². The minimum Gasteiger partial charge on any atom is -0.493 e. The van der Waals surface area contributed by atoms with Crippen LogP contribution >= 0.6 is 0 Å². The Kier molecular flexibility index (Phi) is 3.67. The van der Waals surface area contributed by atoms with Crippen LogP contribution < -0.4 is 18.9 Å². The molecule has 3 aliphatic rings. The highest BCUT2D eigenvalue weighted by atomic mass is 16.7. The summed E-state index contributed by atoms with van der Waals surface area (Å²) in [5.74, 6) is 2.68. The van der Waals surface area contributed by atoms with Crippen LogP contribution in [0.3, 0.4) is 0 Å². The van der Waals surface area contributed by atoms with E-state index in [-0.39, 0.29) is 24.6 Å². The normalized spacial score (nSPS) is 22.1. The van der Waals surface area contributed by atoms with Gasteiger partial charge in [0.05, 0.1) is 26.7 Å². The van der Waals surface area contributed by atoms with Crippen LogP contribution in [0.2, 0.25) is 0 Å². The van der Waals surface area contributed by atoms with Crippen molar-refractivity contribution < 1.29 is 28.5 Å². The highest BCUT2D eigenvalue weighted by Gasteiger charge is 2.39. The average molecular weight is 368 g/mol. The van der Waals surface area contributed by atoms with Crippen molar-refractivity contribution in [3.05, 3.63) is 35.4 Å². The minimum absolute atomic E-state index is 0.120. The van der Waals surface area contributed by atoms with E-state index in [1.165, 1.54) is 0 Å². The highest BCUT2D eigenvalue weighted by Crippen LogP contribution is 2.46. The first-order valence-electron chi connectivity index (χ1n) is 9.02. The van der Waals surface area contributed by atoms with Crippen LogP contribution in [0.4, 0.5) is 0 Å². The first kappa shape index (κ1) is 16.3. The summed E-state index contributed by atoms with van der Waals surface area (Å²) >= 11 is 0. The summed E-state index contributed by atoms with van der Waals surface area (Å²) in [4.78, 5) is 12.3. The SMILES string of the molecule is COc1cc2c(cc1OC)-c1cc3c(cc1C[C@H]1COC(=O)[C@@H]1C2)OCO3. The molecule has 2 aromatic carbocycles. The molecule has 0 bridgehead atoms. The lowest BCUT2D eigenvalue weighted by Gasteiger charge is -2.25. The van der Waals surface area contributed by atoms with Crippen LogP contribution in [0.1, 0.15) is 11.1 Å². The van der Waals surface area contributed by atoms with E-state index in [4.69, 9.17) is 23.7 Å². The van der Waals surface area contributed by atoms with Gasteiger partial charge in [-0.2, -0.15) is 0 Å². The Hall–Kier alpha value is -2.89. The number of esters is 1. The lowest BCUT2D eigenvalue weighted by Crippen LogP contribution is -2.23. The number of ether oxygens (including phenoxy) is 5. The molecule has 0 radical (unpaired) electrons. The summed E-state index contributed by atoms with van der Waals surface area (Å²) in [6.45, 7) is 0.685. The summed E-state index contributed by atoms with van der Waals surface area (Å²) < 4.78 is 27.6. The Labute approximate surface area is 156 Å². The van der Waals surface area contributed by atoms with Gasteiger partial charge >= 0.3 is 5.97 Å². The predicted octanol–water partition coefficient (Wildman–Crippen LogP) is 2.99. The van der Waals surface area contributed by atoms with Gasteiger partial charge in [0.15, 0.2) is 23.0 Å². The minimum atomic E-state index is -0.152. The van der Waals surface area contributed by atoms with Gasteiger partial charge in [0.1, 0.15) is 0 Å². The number of benzene rings is 2. The molecule has 0 saturated carbocycles. The molecule has 6 nitrogen and oxygen atoms in total. The molecule has 2 aliphatic heterocycles. The molecule has 0 unspecified atom stereocenters. The number of methoxy groups -OCH3 is 2. The molecule has 2 aromatic rings. The Morgan fingerprint density at radius 1 is 0.852 bits per heavy atom. The average Bonchev–Trinajstić information content (AvgIpc) is 3.26. The zero-order valence-corrected chi connectivity index (χ0v) is 15.2. The van der Waals surface area contributed by atoms with Crippen LogP contribution in [0.15, 0.2) is 24.3 Å². The second-order valence-corrected chi connectivity index (χ2v) is 7.13. The van der Waals surface area contributed by atoms with Crippen LogP contribution in [0.25, 0.3) is 11.1 Å². The fourth-order valence-corrected chi connectivity index (χ4v) is 4.32. The lowest BCUT2D eigenvalue weighted by molar-refractivity contribution is -0.141. The predicted molar refractivity (Wildman–Crippen MR) is 96.5 cm³/mol. The van der Waals surface area contributed by atoms with E-state index in [0.29, 0.717) is 24.5 Å². The maximum atomic E-state index is 12.3. The fraction of sp³-hybridized carbons (Fsp3) is 0.381. The summed E-state index contributed by atoms with van der Waals surface area (Å²) in [5.41, 5.74) is 4.27. The molecule has 6 heteroatoms. The third-order valence-electron chi connectivity index (χ3n) is 5.73. The molecule has 2 atom stereocenters. The van der Waals surface area contributed by atoms with Crippen molar-refractivity contribution in [3.8, 4) is 34.1 Å². The number of hydrogen-bond acceptors (Lipinski definition) is 6. The molecule has 1 saturated heterocycles. The molecular formula is C21H20O6. The second kappa shape index (κ2) is 6.08. The van der Waals surface area contributed by atoms with Gasteiger partial charge < -0.3 is 23.7 Å². The van der Waals surface area contributed by atoms with Crippen molar-refractivity contribution >= 4 is 5.97 Å². The first-order chi connectivity index (χ1) is 13.2. The molecule has 1 aliphatic carbocycles. The van der Waals surface area contributed by atoms with E-state index in [2.05, 4.69) is 0 Å². The largest absolute Gasteiger partial charge is 0.493 e. The Morgan fingerprint density at radius 3 is 2.30 bits per heavy atom. The number of rotatable bonds is 2. The number of cyclic esters (lactones) is 1. The van der Waals surface area contributed by atoms with Crippen molar-refractivity contribution in [1.29, 1.82) is 0 Å². The van der Waals surface area contributed by atoms with Gasteiger partial charge in [-0.05, 0) is 59.4 Å². The summed E-state index contributed by atoms with van der Waals surface area (Å²) in [6, 6.07) is 8.01. The molecule has 0 N–H and O–H groups in total. The molecule has 27 heavy (non-hydrogen) atoms. The van der Waals surface area contributed by atoms with Crippen molar-refractivity contribution in [2.45, 2.75) is 12.8 Å². The lowest BCUT2D eigenvalue weighted by atomic mass is 9.78. The monoisotopic (exact) mass is 368 g/mol. The van der Waals surface area contributed by atoms with Gasteiger partial charge in [0.25, 0.3) is 0 Å². The molecular weight excluding hydrogens is 348 g/mol. The van der Waals surface area contributed by atoms with E-state index < -0.39 is 0 Å². The smallest absolute Gasteiger partial charge is 0.309 e. The van der Waals surface area contributed by atoms with Crippen LogP contribution in [0, 0.1) is 11.8 Å². The second-order valence-electron chi connectivity index (χ2n) is 7.13. The molecule has 1 fully saturated rings. The van der Waals surface area contributed by atoms with E-state index in [0.717, 1.165) is 40.2 Å². The molecule has 2 heterocycles. The van der Waals surface area contributed by atoms with Gasteiger partial charge in [0.2, 0.25) is 6.79 Å². The maximum absolute atomic E-state index is 12.3. The summed E-state index contributed by atoms with van der Waals surface area (Å²) in [5, 5.41) is 0. The Balaban J connectivity index is 1.75.